The molecule has 0 spiro atoms. The number of nitrogens with zero attached hydrogens (tertiary/aromatic N) is 1. The minimum Gasteiger partial charge on any atom is -0.439 e. The van der Waals surface area contributed by atoms with Gasteiger partial charge in [0.25, 0.3) is 0 Å². The maximum Gasteiger partial charge on any atom is 0.212 e. The Kier molecular flexibility index (Phi) is 2.78. The lowest BCUT2D eigenvalue weighted by atomic mass is 10.1. The second kappa shape index (κ2) is 4.07. The summed E-state index contributed by atoms with van der Waals surface area (Å²) in [5, 5.41) is -0.192. The quantitative estimate of drug-likeness (QED) is 0.718. The van der Waals surface area contributed by atoms with Crippen molar-refractivity contribution < 1.29 is 4.42 Å². The topological polar surface area (TPSA) is 26.0 Å². The fraction of sp³-hybridized carbons (Fsp3) is 0.250. The molecule has 0 radical (unpaired) electrons. The first-order valence-electron chi connectivity index (χ1n) is 4.84. The predicted molar refractivity (Wildman–Crippen MR) is 60.9 cm³/mol. The highest BCUT2D eigenvalue weighted by Gasteiger charge is 2.11. The molecule has 2 aromatic rings. The summed E-state index contributed by atoms with van der Waals surface area (Å²) in [5.74, 6) is 1.34. The van der Waals surface area contributed by atoms with Gasteiger partial charge >= 0.3 is 0 Å². The molecule has 0 N–H and O–H groups in total. The number of oxazole rings is 1. The van der Waals surface area contributed by atoms with Crippen LogP contribution in [-0.4, -0.2) is 4.98 Å². The van der Waals surface area contributed by atoms with E-state index < -0.39 is 0 Å². The van der Waals surface area contributed by atoms with E-state index in [0.29, 0.717) is 5.89 Å². The Hall–Kier alpha value is -1.28. The van der Waals surface area contributed by atoms with Crippen LogP contribution in [0.25, 0.3) is 11.3 Å². The van der Waals surface area contributed by atoms with Crippen molar-refractivity contribution in [1.82, 2.24) is 4.98 Å². The van der Waals surface area contributed by atoms with Crippen LogP contribution in [0.2, 0.25) is 0 Å². The van der Waals surface area contributed by atoms with Gasteiger partial charge in [0, 0.05) is 5.56 Å². The van der Waals surface area contributed by atoms with Gasteiger partial charge in [-0.2, -0.15) is 0 Å². The molecular formula is C12H12ClNO. The van der Waals surface area contributed by atoms with Crippen LogP contribution >= 0.6 is 11.6 Å². The van der Waals surface area contributed by atoms with Crippen molar-refractivity contribution >= 4 is 11.6 Å². The molecule has 1 unspecified atom stereocenters. The predicted octanol–water partition coefficient (Wildman–Crippen LogP) is 3.95. The molecule has 15 heavy (non-hydrogen) atoms. The first kappa shape index (κ1) is 10.2. The molecule has 1 heterocycles. The number of aryl methyl sites for hydroxylation is 1. The Morgan fingerprint density at radius 1 is 1.33 bits per heavy atom. The average Bonchev–Trinajstić information content (AvgIpc) is 2.67. The van der Waals surface area contributed by atoms with E-state index in [4.69, 9.17) is 16.0 Å². The second-order valence-electron chi connectivity index (χ2n) is 3.49. The molecule has 0 amide bonds. The number of halogens is 1. The largest absolute Gasteiger partial charge is 0.439 e. The molecule has 0 bridgehead atoms. The SMILES string of the molecule is Cc1ccccc1-c1cnc(C(C)Cl)o1. The van der Waals surface area contributed by atoms with Gasteiger partial charge in [-0.1, -0.05) is 24.3 Å². The van der Waals surface area contributed by atoms with Crippen molar-refractivity contribution in [2.24, 2.45) is 0 Å². The van der Waals surface area contributed by atoms with Crippen LogP contribution in [0, 0.1) is 6.92 Å². The number of alkyl halides is 1. The summed E-state index contributed by atoms with van der Waals surface area (Å²) < 4.78 is 5.57. The smallest absolute Gasteiger partial charge is 0.212 e. The van der Waals surface area contributed by atoms with Crippen molar-refractivity contribution in [3.8, 4) is 11.3 Å². The highest BCUT2D eigenvalue weighted by atomic mass is 35.5. The highest BCUT2D eigenvalue weighted by molar-refractivity contribution is 6.20. The summed E-state index contributed by atoms with van der Waals surface area (Å²) >= 11 is 5.89. The van der Waals surface area contributed by atoms with Gasteiger partial charge in [0.1, 0.15) is 5.38 Å². The zero-order chi connectivity index (χ0) is 10.8. The number of benzene rings is 1. The number of hydrogen-bond donors (Lipinski definition) is 0. The van der Waals surface area contributed by atoms with Crippen LogP contribution < -0.4 is 0 Å². The summed E-state index contributed by atoms with van der Waals surface area (Å²) in [7, 11) is 0. The number of aromatic nitrogens is 1. The summed E-state index contributed by atoms with van der Waals surface area (Å²) in [6.45, 7) is 3.89. The van der Waals surface area contributed by atoms with Crippen LogP contribution in [-0.2, 0) is 0 Å². The van der Waals surface area contributed by atoms with Crippen LogP contribution in [0.4, 0.5) is 0 Å². The summed E-state index contributed by atoms with van der Waals surface area (Å²) in [6, 6.07) is 8.04. The summed E-state index contributed by atoms with van der Waals surface area (Å²) in [5.41, 5.74) is 2.23. The van der Waals surface area contributed by atoms with Crippen LogP contribution in [0.1, 0.15) is 23.8 Å². The van der Waals surface area contributed by atoms with Crippen LogP contribution in [0.3, 0.4) is 0 Å². The zero-order valence-electron chi connectivity index (χ0n) is 8.70. The van der Waals surface area contributed by atoms with E-state index >= 15 is 0 Å². The van der Waals surface area contributed by atoms with Gasteiger partial charge in [0.05, 0.1) is 6.20 Å². The van der Waals surface area contributed by atoms with Crippen molar-refractivity contribution in [1.29, 1.82) is 0 Å². The highest BCUT2D eigenvalue weighted by Crippen LogP contribution is 2.27. The Bertz CT molecular complexity index is 462. The first-order chi connectivity index (χ1) is 7.18. The molecular weight excluding hydrogens is 210 g/mol. The normalized spacial score (nSPS) is 12.7. The molecule has 0 aliphatic carbocycles. The maximum absolute atomic E-state index is 5.89. The number of hydrogen-bond acceptors (Lipinski definition) is 2. The minimum atomic E-state index is -0.192. The lowest BCUT2D eigenvalue weighted by Gasteiger charge is -2.00. The fourth-order valence-electron chi connectivity index (χ4n) is 1.45. The zero-order valence-corrected chi connectivity index (χ0v) is 9.45. The molecule has 78 valence electrons. The molecule has 2 nitrogen and oxygen atoms in total. The lowest BCUT2D eigenvalue weighted by molar-refractivity contribution is 0.508. The molecule has 0 aliphatic heterocycles. The van der Waals surface area contributed by atoms with E-state index in [0.717, 1.165) is 11.3 Å². The third kappa shape index (κ3) is 2.05. The van der Waals surface area contributed by atoms with E-state index in [9.17, 15) is 0 Å². The Morgan fingerprint density at radius 3 is 2.67 bits per heavy atom. The van der Waals surface area contributed by atoms with Gasteiger partial charge in [-0.15, -0.1) is 11.6 Å². The van der Waals surface area contributed by atoms with E-state index in [1.807, 2.05) is 38.1 Å². The van der Waals surface area contributed by atoms with Crippen molar-refractivity contribution in [3.63, 3.8) is 0 Å². The maximum atomic E-state index is 5.89. The summed E-state index contributed by atoms with van der Waals surface area (Å²) in [4.78, 5) is 4.13. The van der Waals surface area contributed by atoms with E-state index in [1.165, 1.54) is 5.56 Å². The standard InChI is InChI=1S/C12H12ClNO/c1-8-5-3-4-6-10(8)11-7-14-12(15-11)9(2)13/h3-7,9H,1-2H3. The van der Waals surface area contributed by atoms with Crippen LogP contribution in [0.5, 0.6) is 0 Å². The Morgan fingerprint density at radius 2 is 2.07 bits per heavy atom. The Labute approximate surface area is 93.9 Å². The summed E-state index contributed by atoms with van der Waals surface area (Å²) in [6.07, 6.45) is 1.72. The van der Waals surface area contributed by atoms with Gasteiger partial charge in [-0.25, -0.2) is 4.98 Å². The fourth-order valence-corrected chi connectivity index (χ4v) is 1.55. The minimum absolute atomic E-state index is 0.192. The van der Waals surface area contributed by atoms with Gasteiger partial charge in [0.2, 0.25) is 5.89 Å². The molecule has 0 saturated carbocycles. The van der Waals surface area contributed by atoms with Gasteiger partial charge in [-0.3, -0.25) is 0 Å². The third-order valence-corrected chi connectivity index (χ3v) is 2.46. The Balaban J connectivity index is 2.42. The molecule has 3 heteroatoms. The van der Waals surface area contributed by atoms with Gasteiger partial charge in [-0.05, 0) is 19.4 Å². The molecule has 1 aromatic carbocycles. The first-order valence-corrected chi connectivity index (χ1v) is 5.28. The van der Waals surface area contributed by atoms with Crippen molar-refractivity contribution in [2.75, 3.05) is 0 Å². The molecule has 2 rings (SSSR count). The molecule has 1 aromatic heterocycles. The third-order valence-electron chi connectivity index (χ3n) is 2.27. The molecule has 0 fully saturated rings. The molecule has 0 aliphatic rings. The molecule has 0 saturated heterocycles. The van der Waals surface area contributed by atoms with Crippen molar-refractivity contribution in [2.45, 2.75) is 19.2 Å². The van der Waals surface area contributed by atoms with Gasteiger partial charge in [0.15, 0.2) is 5.76 Å². The van der Waals surface area contributed by atoms with E-state index in [1.54, 1.807) is 6.20 Å². The van der Waals surface area contributed by atoms with E-state index in [-0.39, 0.29) is 5.38 Å². The van der Waals surface area contributed by atoms with Crippen molar-refractivity contribution in [3.05, 3.63) is 41.9 Å². The van der Waals surface area contributed by atoms with Crippen LogP contribution in [0.15, 0.2) is 34.9 Å². The molecule has 1 atom stereocenters. The monoisotopic (exact) mass is 221 g/mol. The lowest BCUT2D eigenvalue weighted by Crippen LogP contribution is -1.81. The average molecular weight is 222 g/mol. The van der Waals surface area contributed by atoms with E-state index in [2.05, 4.69) is 4.98 Å². The number of rotatable bonds is 2. The van der Waals surface area contributed by atoms with Gasteiger partial charge < -0.3 is 4.42 Å². The second-order valence-corrected chi connectivity index (χ2v) is 4.15.